The van der Waals surface area contributed by atoms with Crippen molar-refractivity contribution in [2.75, 3.05) is 0 Å². The second kappa shape index (κ2) is 5.47. The molecule has 0 fully saturated rings. The Kier molecular flexibility index (Phi) is 3.87. The van der Waals surface area contributed by atoms with Gasteiger partial charge in [0.15, 0.2) is 0 Å². The zero-order valence-corrected chi connectivity index (χ0v) is 7.38. The minimum atomic E-state index is 0.160. The minimum Gasteiger partial charge on any atom is -0.507 e. The van der Waals surface area contributed by atoms with Crippen LogP contribution in [0.15, 0.2) is 36.7 Å². The highest BCUT2D eigenvalue weighted by atomic mass is 16.3. The number of hydrogen-bond acceptors (Lipinski definition) is 4. The van der Waals surface area contributed by atoms with Gasteiger partial charge in [-0.15, -0.1) is 5.10 Å². The predicted octanol–water partition coefficient (Wildman–Crippen LogP) is 1.19. The van der Waals surface area contributed by atoms with Crippen molar-refractivity contribution in [3.8, 4) is 5.75 Å². The maximum Gasteiger partial charge on any atom is 0.124 e. The van der Waals surface area contributed by atoms with E-state index in [4.69, 9.17) is 10.5 Å². The van der Waals surface area contributed by atoms with Gasteiger partial charge >= 0.3 is 0 Å². The number of aromatic amines is 1. The molecule has 0 bridgehead atoms. The molecule has 0 saturated carbocycles. The van der Waals surface area contributed by atoms with Crippen LogP contribution in [0.25, 0.3) is 0 Å². The van der Waals surface area contributed by atoms with E-state index < -0.39 is 0 Å². The Labute approximate surface area is 80.9 Å². The average molecular weight is 190 g/mol. The van der Waals surface area contributed by atoms with Crippen molar-refractivity contribution >= 4 is 6.21 Å². The molecular weight excluding hydrogens is 180 g/mol. The average Bonchev–Trinajstić information content (AvgIpc) is 2.76. The van der Waals surface area contributed by atoms with E-state index in [0.29, 0.717) is 5.56 Å². The van der Waals surface area contributed by atoms with Crippen LogP contribution in [0, 0.1) is 5.41 Å². The lowest BCUT2D eigenvalue weighted by molar-refractivity contribution is 0.474. The normalized spacial score (nSPS) is 8.57. The Morgan fingerprint density at radius 3 is 2.50 bits per heavy atom. The maximum absolute atomic E-state index is 8.96. The number of nitrogens with zero attached hydrogens (tertiary/aromatic N) is 2. The van der Waals surface area contributed by atoms with E-state index in [1.54, 1.807) is 36.7 Å². The Hall–Kier alpha value is -2.17. The zero-order chi connectivity index (χ0) is 10.2. The van der Waals surface area contributed by atoms with Crippen LogP contribution in [0.1, 0.15) is 5.56 Å². The molecule has 1 heterocycles. The largest absolute Gasteiger partial charge is 0.507 e. The van der Waals surface area contributed by atoms with E-state index >= 15 is 0 Å². The summed E-state index contributed by atoms with van der Waals surface area (Å²) in [6, 6.07) is 6.74. The summed E-state index contributed by atoms with van der Waals surface area (Å²) in [6.45, 7) is 0. The summed E-state index contributed by atoms with van der Waals surface area (Å²) < 4.78 is 0. The van der Waals surface area contributed by atoms with Gasteiger partial charge in [0.1, 0.15) is 5.75 Å². The lowest BCUT2D eigenvalue weighted by Crippen LogP contribution is -1.77. The van der Waals surface area contributed by atoms with Crippen LogP contribution in [-0.4, -0.2) is 26.7 Å². The second-order valence-corrected chi connectivity index (χ2v) is 2.36. The zero-order valence-electron chi connectivity index (χ0n) is 7.38. The lowest BCUT2D eigenvalue weighted by atomic mass is 10.2. The van der Waals surface area contributed by atoms with Gasteiger partial charge in [-0.25, -0.2) is 0 Å². The molecular formula is C9H10N4O. The number of phenolic OH excluding ortho intramolecular Hbond substituents is 1. The summed E-state index contributed by atoms with van der Waals surface area (Å²) in [5, 5.41) is 25.0. The molecule has 0 aliphatic heterocycles. The third-order valence-electron chi connectivity index (χ3n) is 1.42. The number of hydrogen-bond donors (Lipinski definition) is 3. The lowest BCUT2D eigenvalue weighted by Gasteiger charge is -1.92. The van der Waals surface area contributed by atoms with E-state index in [0.717, 1.165) is 6.21 Å². The number of aromatic hydroxyl groups is 1. The number of phenols is 1. The molecule has 0 atom stereocenters. The smallest absolute Gasteiger partial charge is 0.124 e. The molecule has 0 spiro atoms. The first-order valence-electron chi connectivity index (χ1n) is 3.93. The minimum absolute atomic E-state index is 0.160. The summed E-state index contributed by atoms with van der Waals surface area (Å²) in [4.78, 5) is 0. The molecule has 1 aromatic heterocycles. The molecule has 14 heavy (non-hydrogen) atoms. The van der Waals surface area contributed by atoms with Crippen molar-refractivity contribution in [2.45, 2.75) is 0 Å². The van der Waals surface area contributed by atoms with Crippen molar-refractivity contribution in [1.82, 2.24) is 15.4 Å². The topological polar surface area (TPSA) is 85.6 Å². The van der Waals surface area contributed by atoms with Crippen LogP contribution in [-0.2, 0) is 0 Å². The van der Waals surface area contributed by atoms with E-state index in [1.807, 2.05) is 0 Å². The summed E-state index contributed by atoms with van der Waals surface area (Å²) in [5.74, 6) is 0.160. The molecule has 72 valence electrons. The van der Waals surface area contributed by atoms with Gasteiger partial charge in [0.25, 0.3) is 0 Å². The Balaban J connectivity index is 0.000000165. The van der Waals surface area contributed by atoms with E-state index in [1.165, 1.54) is 0 Å². The molecule has 2 rings (SSSR count). The number of nitrogens with one attached hydrogen (secondary N) is 2. The fourth-order valence-electron chi connectivity index (χ4n) is 0.776. The van der Waals surface area contributed by atoms with Gasteiger partial charge in [-0.3, -0.25) is 5.10 Å². The summed E-state index contributed by atoms with van der Waals surface area (Å²) >= 11 is 0. The SMILES string of the molecule is N=Cc1ccccc1O.c1c[nH]nn1. The van der Waals surface area contributed by atoms with Gasteiger partial charge in [-0.1, -0.05) is 17.3 Å². The van der Waals surface area contributed by atoms with Crippen molar-refractivity contribution in [3.05, 3.63) is 42.2 Å². The van der Waals surface area contributed by atoms with Crippen molar-refractivity contribution in [2.24, 2.45) is 0 Å². The van der Waals surface area contributed by atoms with Gasteiger partial charge in [0, 0.05) is 18.0 Å². The number of para-hydroxylation sites is 1. The molecule has 2 aromatic rings. The van der Waals surface area contributed by atoms with E-state index in [2.05, 4.69) is 15.4 Å². The molecule has 0 amide bonds. The Bertz CT molecular complexity index is 355. The summed E-state index contributed by atoms with van der Waals surface area (Å²) in [7, 11) is 0. The highest BCUT2D eigenvalue weighted by Gasteiger charge is 1.91. The molecule has 0 aliphatic rings. The van der Waals surface area contributed by atoms with Gasteiger partial charge in [-0.2, -0.15) is 0 Å². The van der Waals surface area contributed by atoms with Crippen LogP contribution >= 0.6 is 0 Å². The fourth-order valence-corrected chi connectivity index (χ4v) is 0.776. The first-order valence-corrected chi connectivity index (χ1v) is 3.93. The van der Waals surface area contributed by atoms with Crippen LogP contribution < -0.4 is 0 Å². The number of H-pyrrole nitrogens is 1. The molecule has 1 aromatic carbocycles. The van der Waals surface area contributed by atoms with Gasteiger partial charge in [0.05, 0.1) is 6.20 Å². The highest BCUT2D eigenvalue weighted by Crippen LogP contribution is 2.11. The molecule has 5 heteroatoms. The van der Waals surface area contributed by atoms with Crippen molar-refractivity contribution < 1.29 is 5.11 Å². The van der Waals surface area contributed by atoms with Gasteiger partial charge < -0.3 is 10.5 Å². The van der Waals surface area contributed by atoms with Gasteiger partial charge in [-0.05, 0) is 12.1 Å². The third-order valence-corrected chi connectivity index (χ3v) is 1.42. The van der Waals surface area contributed by atoms with Crippen LogP contribution in [0.5, 0.6) is 5.75 Å². The van der Waals surface area contributed by atoms with Crippen LogP contribution in [0.3, 0.4) is 0 Å². The Morgan fingerprint density at radius 2 is 2.14 bits per heavy atom. The molecule has 0 saturated heterocycles. The summed E-state index contributed by atoms with van der Waals surface area (Å²) in [5.41, 5.74) is 0.553. The number of benzene rings is 1. The second-order valence-electron chi connectivity index (χ2n) is 2.36. The van der Waals surface area contributed by atoms with Gasteiger partial charge in [0.2, 0.25) is 0 Å². The number of aromatic nitrogens is 3. The maximum atomic E-state index is 8.96. The predicted molar refractivity (Wildman–Crippen MR) is 52.4 cm³/mol. The third kappa shape index (κ3) is 3.06. The highest BCUT2D eigenvalue weighted by molar-refractivity contribution is 5.80. The molecule has 0 aliphatic carbocycles. The molecule has 3 N–H and O–H groups in total. The first kappa shape index (κ1) is 9.91. The van der Waals surface area contributed by atoms with E-state index in [-0.39, 0.29) is 5.75 Å². The van der Waals surface area contributed by atoms with E-state index in [9.17, 15) is 0 Å². The quantitative estimate of drug-likeness (QED) is 0.590. The van der Waals surface area contributed by atoms with Crippen molar-refractivity contribution in [1.29, 1.82) is 5.41 Å². The standard InChI is InChI=1S/C7H7NO.C2H3N3/c8-5-6-3-1-2-4-7(6)9;1-2-4-5-3-1/h1-5,8-9H;1-2H,(H,3,4,5). The fraction of sp³-hybridized carbons (Fsp3) is 0. The first-order chi connectivity index (χ1) is 6.84. The van der Waals surface area contributed by atoms with Crippen LogP contribution in [0.2, 0.25) is 0 Å². The molecule has 0 unspecified atom stereocenters. The number of rotatable bonds is 1. The van der Waals surface area contributed by atoms with Crippen LogP contribution in [0.4, 0.5) is 0 Å². The summed E-state index contributed by atoms with van der Waals surface area (Å²) in [6.07, 6.45) is 4.36. The Morgan fingerprint density at radius 1 is 1.36 bits per heavy atom. The monoisotopic (exact) mass is 190 g/mol. The molecule has 0 radical (unpaired) electrons. The molecule has 5 nitrogen and oxygen atoms in total. The van der Waals surface area contributed by atoms with Crippen molar-refractivity contribution in [3.63, 3.8) is 0 Å².